The van der Waals surface area contributed by atoms with Crippen LogP contribution in [0.3, 0.4) is 0 Å². The van der Waals surface area contributed by atoms with Gasteiger partial charge in [-0.25, -0.2) is 9.59 Å². The molecule has 0 spiro atoms. The fourth-order valence-corrected chi connectivity index (χ4v) is 3.85. The highest BCUT2D eigenvalue weighted by Gasteiger charge is 2.35. The Morgan fingerprint density at radius 2 is 1.97 bits per heavy atom. The molecule has 1 aromatic heterocycles. The van der Waals surface area contributed by atoms with Gasteiger partial charge in [-0.15, -0.1) is 0 Å². The smallest absolute Gasteiger partial charge is 0.411 e. The molecule has 1 aliphatic carbocycles. The van der Waals surface area contributed by atoms with E-state index in [9.17, 15) is 19.5 Å². The summed E-state index contributed by atoms with van der Waals surface area (Å²) >= 11 is 0. The number of anilines is 3. The quantitative estimate of drug-likeness (QED) is 0.797. The number of hydrogen-bond donors (Lipinski definition) is 2. The van der Waals surface area contributed by atoms with Gasteiger partial charge in [-0.05, 0) is 31.9 Å². The molecule has 158 valence electrons. The van der Waals surface area contributed by atoms with Crippen molar-refractivity contribution in [3.05, 3.63) is 24.5 Å². The number of fused-ring (bicyclic) bond motifs is 1. The molecule has 1 aromatic carbocycles. The lowest BCUT2D eigenvalue weighted by molar-refractivity contribution is -0.117. The number of ether oxygens (including phenoxy) is 1. The molecule has 3 amide bonds. The predicted molar refractivity (Wildman–Crippen MR) is 110 cm³/mol. The number of methoxy groups -OCH3 is 1. The van der Waals surface area contributed by atoms with Crippen molar-refractivity contribution in [3.63, 3.8) is 0 Å². The van der Waals surface area contributed by atoms with Crippen molar-refractivity contribution >= 4 is 35.2 Å². The van der Waals surface area contributed by atoms with Crippen LogP contribution in [0.1, 0.15) is 32.7 Å². The molecular weight excluding hydrogens is 390 g/mol. The number of amides is 3. The number of aromatic nitrogens is 2. The molecule has 1 aliphatic heterocycles. The van der Waals surface area contributed by atoms with E-state index in [4.69, 9.17) is 4.74 Å². The van der Waals surface area contributed by atoms with Gasteiger partial charge in [0.1, 0.15) is 0 Å². The first-order chi connectivity index (χ1) is 14.3. The molecule has 4 rings (SSSR count). The summed E-state index contributed by atoms with van der Waals surface area (Å²) in [5.41, 5.74) is 2.51. The standard InChI is InChI=1S/C20H23N5O5/c1-11-9-23(20(28)29)17-6-15(13-8-21-24(10-13)14-4-5-14)16(22-19(27)30-3)7-18(17)25(11)12(2)26/h6-8,10-11,14H,4-5,9H2,1-3H3,(H,22,27)(H,28,29). The molecule has 2 aliphatic rings. The molecule has 1 unspecified atom stereocenters. The number of rotatable bonds is 3. The summed E-state index contributed by atoms with van der Waals surface area (Å²) in [6, 6.07) is 3.30. The van der Waals surface area contributed by atoms with Gasteiger partial charge in [-0.2, -0.15) is 5.10 Å². The number of carboxylic acid groups (broad SMARTS) is 1. The second-order valence-electron chi connectivity index (χ2n) is 7.57. The van der Waals surface area contributed by atoms with Crippen LogP contribution in [0.5, 0.6) is 0 Å². The van der Waals surface area contributed by atoms with E-state index in [2.05, 4.69) is 10.4 Å². The molecule has 1 saturated carbocycles. The molecule has 1 fully saturated rings. The fraction of sp³-hybridized carbons (Fsp3) is 0.400. The Morgan fingerprint density at radius 3 is 2.57 bits per heavy atom. The van der Waals surface area contributed by atoms with Gasteiger partial charge in [0, 0.05) is 30.8 Å². The highest BCUT2D eigenvalue weighted by Crippen LogP contribution is 2.44. The Bertz CT molecular complexity index is 1030. The number of carbonyl (C=O) groups is 3. The molecule has 30 heavy (non-hydrogen) atoms. The monoisotopic (exact) mass is 413 g/mol. The third kappa shape index (κ3) is 3.44. The lowest BCUT2D eigenvalue weighted by atomic mass is 10.0. The predicted octanol–water partition coefficient (Wildman–Crippen LogP) is 3.30. The molecular formula is C20H23N5O5. The number of carbonyl (C=O) groups excluding carboxylic acids is 2. The average molecular weight is 413 g/mol. The first-order valence-electron chi connectivity index (χ1n) is 9.68. The third-order valence-corrected chi connectivity index (χ3v) is 5.38. The normalized spacial score (nSPS) is 18.0. The Labute approximate surface area is 173 Å². The second-order valence-corrected chi connectivity index (χ2v) is 7.57. The minimum Gasteiger partial charge on any atom is -0.465 e. The molecule has 2 N–H and O–H groups in total. The number of hydrogen-bond acceptors (Lipinski definition) is 5. The maximum absolute atomic E-state index is 12.3. The molecule has 10 heteroatoms. The number of nitrogens with one attached hydrogen (secondary N) is 1. The van der Waals surface area contributed by atoms with Gasteiger partial charge in [0.15, 0.2) is 0 Å². The third-order valence-electron chi connectivity index (χ3n) is 5.38. The van der Waals surface area contributed by atoms with Crippen molar-refractivity contribution in [1.82, 2.24) is 9.78 Å². The summed E-state index contributed by atoms with van der Waals surface area (Å²) in [7, 11) is 1.26. The van der Waals surface area contributed by atoms with Gasteiger partial charge in [0.05, 0.1) is 42.5 Å². The minimum absolute atomic E-state index is 0.145. The van der Waals surface area contributed by atoms with Crippen LogP contribution >= 0.6 is 0 Å². The molecule has 2 aromatic rings. The van der Waals surface area contributed by atoms with E-state index in [1.165, 1.54) is 23.8 Å². The average Bonchev–Trinajstić information content (AvgIpc) is 3.43. The van der Waals surface area contributed by atoms with Crippen molar-refractivity contribution in [3.8, 4) is 11.1 Å². The lowest BCUT2D eigenvalue weighted by Gasteiger charge is -2.40. The summed E-state index contributed by atoms with van der Waals surface area (Å²) in [5, 5.41) is 16.8. The first-order valence-corrected chi connectivity index (χ1v) is 9.68. The van der Waals surface area contributed by atoms with Gasteiger partial charge in [0.2, 0.25) is 5.91 Å². The number of nitrogens with zero attached hydrogens (tertiary/aromatic N) is 4. The summed E-state index contributed by atoms with van der Waals surface area (Å²) < 4.78 is 6.61. The van der Waals surface area contributed by atoms with Gasteiger partial charge >= 0.3 is 12.2 Å². The second kappa shape index (κ2) is 7.36. The van der Waals surface area contributed by atoms with E-state index < -0.39 is 12.2 Å². The zero-order chi connectivity index (χ0) is 21.6. The summed E-state index contributed by atoms with van der Waals surface area (Å²) in [5.74, 6) is -0.216. The van der Waals surface area contributed by atoms with Crippen molar-refractivity contribution in [2.24, 2.45) is 0 Å². The Morgan fingerprint density at radius 1 is 1.23 bits per heavy atom. The van der Waals surface area contributed by atoms with Crippen molar-refractivity contribution in [2.45, 2.75) is 38.8 Å². The molecule has 10 nitrogen and oxygen atoms in total. The highest BCUT2D eigenvalue weighted by molar-refractivity contribution is 6.05. The molecule has 0 bridgehead atoms. The summed E-state index contributed by atoms with van der Waals surface area (Å²) in [4.78, 5) is 39.0. The minimum atomic E-state index is -1.11. The van der Waals surface area contributed by atoms with Crippen molar-refractivity contribution in [2.75, 3.05) is 28.8 Å². The van der Waals surface area contributed by atoms with Crippen LogP contribution in [-0.4, -0.2) is 52.7 Å². The first kappa shape index (κ1) is 19.7. The van der Waals surface area contributed by atoms with E-state index in [0.717, 1.165) is 18.4 Å². The van der Waals surface area contributed by atoms with Crippen LogP contribution in [0.15, 0.2) is 24.5 Å². The van der Waals surface area contributed by atoms with Crippen LogP contribution in [0.4, 0.5) is 26.7 Å². The summed E-state index contributed by atoms with van der Waals surface area (Å²) in [6.45, 7) is 3.35. The van der Waals surface area contributed by atoms with E-state index in [0.29, 0.717) is 28.7 Å². The van der Waals surface area contributed by atoms with Crippen molar-refractivity contribution in [1.29, 1.82) is 0 Å². The van der Waals surface area contributed by atoms with E-state index in [-0.39, 0.29) is 18.5 Å². The largest absolute Gasteiger partial charge is 0.465 e. The molecule has 2 heterocycles. The molecule has 0 radical (unpaired) electrons. The lowest BCUT2D eigenvalue weighted by Crippen LogP contribution is -2.51. The maximum Gasteiger partial charge on any atom is 0.411 e. The fourth-order valence-electron chi connectivity index (χ4n) is 3.85. The van der Waals surface area contributed by atoms with Crippen LogP contribution in [0.2, 0.25) is 0 Å². The SMILES string of the molecule is COC(=O)Nc1cc2c(cc1-c1cnn(C3CC3)c1)N(C(=O)O)CC(C)N2C(C)=O. The molecule has 0 saturated heterocycles. The van der Waals surface area contributed by atoms with Crippen LogP contribution < -0.4 is 15.1 Å². The number of benzene rings is 1. The van der Waals surface area contributed by atoms with Crippen LogP contribution in [0, 0.1) is 0 Å². The zero-order valence-electron chi connectivity index (χ0n) is 17.0. The van der Waals surface area contributed by atoms with Gasteiger partial charge < -0.3 is 14.7 Å². The Kier molecular flexibility index (Phi) is 4.84. The van der Waals surface area contributed by atoms with E-state index in [1.807, 2.05) is 10.9 Å². The Hall–Kier alpha value is -3.56. The highest BCUT2D eigenvalue weighted by atomic mass is 16.5. The Balaban J connectivity index is 1.90. The van der Waals surface area contributed by atoms with Gasteiger partial charge in [-0.1, -0.05) is 0 Å². The van der Waals surface area contributed by atoms with Gasteiger partial charge in [-0.3, -0.25) is 19.7 Å². The van der Waals surface area contributed by atoms with E-state index in [1.54, 1.807) is 25.3 Å². The topological polar surface area (TPSA) is 117 Å². The van der Waals surface area contributed by atoms with Crippen molar-refractivity contribution < 1.29 is 24.2 Å². The van der Waals surface area contributed by atoms with Crippen LogP contribution in [0.25, 0.3) is 11.1 Å². The van der Waals surface area contributed by atoms with E-state index >= 15 is 0 Å². The maximum atomic E-state index is 12.3. The molecule has 1 atom stereocenters. The summed E-state index contributed by atoms with van der Waals surface area (Å²) in [6.07, 6.45) is 3.91. The van der Waals surface area contributed by atoms with Gasteiger partial charge in [0.25, 0.3) is 0 Å². The van der Waals surface area contributed by atoms with Crippen LogP contribution in [-0.2, 0) is 9.53 Å². The zero-order valence-corrected chi connectivity index (χ0v) is 17.0.